The molecule has 0 aliphatic heterocycles. The summed E-state index contributed by atoms with van der Waals surface area (Å²) in [5.41, 5.74) is 0. The first-order valence-corrected chi connectivity index (χ1v) is 28.4. The summed E-state index contributed by atoms with van der Waals surface area (Å²) in [6.07, 6.45) is 86.0. The third-order valence-corrected chi connectivity index (χ3v) is 11.4. The summed E-state index contributed by atoms with van der Waals surface area (Å²) in [6, 6.07) is 0. The van der Waals surface area contributed by atoms with Gasteiger partial charge < -0.3 is 14.2 Å². The van der Waals surface area contributed by atoms with Crippen molar-refractivity contribution in [1.82, 2.24) is 0 Å². The van der Waals surface area contributed by atoms with Gasteiger partial charge in [0.1, 0.15) is 6.61 Å². The molecule has 0 bridgehead atoms. The quantitative estimate of drug-likeness (QED) is 0.0345. The zero-order valence-electron chi connectivity index (χ0n) is 45.2. The molecule has 0 aliphatic rings. The van der Waals surface area contributed by atoms with E-state index in [1.54, 1.807) is 0 Å². The molecule has 0 fully saturated rings. The molecule has 0 saturated heterocycles. The van der Waals surface area contributed by atoms with Crippen molar-refractivity contribution in [3.63, 3.8) is 0 Å². The summed E-state index contributed by atoms with van der Waals surface area (Å²) < 4.78 is 17.3. The van der Waals surface area contributed by atoms with Gasteiger partial charge in [-0.2, -0.15) is 0 Å². The van der Waals surface area contributed by atoms with Gasteiger partial charge in [-0.3, -0.25) is 9.59 Å². The van der Waals surface area contributed by atoms with Crippen molar-refractivity contribution in [2.75, 3.05) is 19.8 Å². The van der Waals surface area contributed by atoms with Crippen molar-refractivity contribution in [2.24, 2.45) is 0 Å². The maximum absolute atomic E-state index is 12.8. The number of hydrogen-bond donors (Lipinski definition) is 0. The fourth-order valence-electron chi connectivity index (χ4n) is 7.23. The molecule has 394 valence electrons. The van der Waals surface area contributed by atoms with Crippen LogP contribution in [0, 0.1) is 0 Å². The molecule has 0 N–H and O–H groups in total. The van der Waals surface area contributed by atoms with Crippen LogP contribution in [-0.2, 0) is 23.8 Å². The van der Waals surface area contributed by atoms with Crippen LogP contribution in [0.4, 0.5) is 0 Å². The van der Waals surface area contributed by atoms with Crippen molar-refractivity contribution >= 4 is 11.9 Å². The summed E-state index contributed by atoms with van der Waals surface area (Å²) in [5.74, 6) is -0.574. The number of esters is 2. The second kappa shape index (κ2) is 59.1. The topological polar surface area (TPSA) is 61.8 Å². The van der Waals surface area contributed by atoms with Gasteiger partial charge in [0.2, 0.25) is 0 Å². The van der Waals surface area contributed by atoms with E-state index < -0.39 is 6.10 Å². The third kappa shape index (κ3) is 56.4. The van der Waals surface area contributed by atoms with Crippen molar-refractivity contribution < 1.29 is 23.8 Å². The maximum atomic E-state index is 12.8. The lowest BCUT2D eigenvalue weighted by Gasteiger charge is -2.18. The normalized spacial score (nSPS) is 13.4. The van der Waals surface area contributed by atoms with Crippen molar-refractivity contribution in [3.8, 4) is 0 Å². The SMILES string of the molecule is CC/C=C\C/C=C\C/C=C\C/C=C\C/C=C\CC(=O)OC(COCCCCCCCCC/C=C\C/C=C\C/C=C\CCCCC)COC(=O)CCCCCCCC/C=C\C/C=C\C/C=C\C/C=C\CC. The van der Waals surface area contributed by atoms with E-state index >= 15 is 0 Å². The average Bonchev–Trinajstić information content (AvgIpc) is 3.36. The van der Waals surface area contributed by atoms with E-state index in [9.17, 15) is 9.59 Å². The first kappa shape index (κ1) is 65.8. The minimum Gasteiger partial charge on any atom is -0.462 e. The van der Waals surface area contributed by atoms with Crippen LogP contribution in [0.1, 0.15) is 226 Å². The highest BCUT2D eigenvalue weighted by molar-refractivity contribution is 5.71. The maximum Gasteiger partial charge on any atom is 0.310 e. The molecule has 70 heavy (non-hydrogen) atoms. The Labute approximate surface area is 431 Å². The molecule has 0 radical (unpaired) electrons. The molecule has 0 aromatic rings. The molecule has 5 heteroatoms. The molecule has 0 spiro atoms. The molecule has 0 aliphatic carbocycles. The Balaban J connectivity index is 4.45. The van der Waals surface area contributed by atoms with Crippen molar-refractivity contribution in [3.05, 3.63) is 146 Å². The largest absolute Gasteiger partial charge is 0.462 e. The fourth-order valence-corrected chi connectivity index (χ4v) is 7.23. The Hall–Kier alpha value is -4.22. The zero-order chi connectivity index (χ0) is 50.6. The van der Waals surface area contributed by atoms with Crippen LogP contribution in [0.3, 0.4) is 0 Å². The van der Waals surface area contributed by atoms with E-state index in [0.29, 0.717) is 13.0 Å². The first-order chi connectivity index (χ1) is 34.6. The van der Waals surface area contributed by atoms with Gasteiger partial charge >= 0.3 is 11.9 Å². The van der Waals surface area contributed by atoms with Crippen LogP contribution in [0.5, 0.6) is 0 Å². The molecule has 0 amide bonds. The van der Waals surface area contributed by atoms with Crippen LogP contribution < -0.4 is 0 Å². The van der Waals surface area contributed by atoms with Crippen molar-refractivity contribution in [1.29, 1.82) is 0 Å². The van der Waals surface area contributed by atoms with Crippen LogP contribution >= 0.6 is 0 Å². The second-order valence-corrected chi connectivity index (χ2v) is 18.1. The van der Waals surface area contributed by atoms with E-state index in [0.717, 1.165) is 116 Å². The Bertz CT molecular complexity index is 1510. The average molecular weight is 966 g/mol. The Morgan fingerprint density at radius 2 is 0.686 bits per heavy atom. The molecule has 0 aromatic heterocycles. The van der Waals surface area contributed by atoms with Gasteiger partial charge in [-0.05, 0) is 122 Å². The van der Waals surface area contributed by atoms with Gasteiger partial charge in [-0.15, -0.1) is 0 Å². The number of carbonyl (C=O) groups is 2. The molecule has 1 unspecified atom stereocenters. The molecule has 0 heterocycles. The minimum absolute atomic E-state index is 0.0241. The summed E-state index contributed by atoms with van der Waals surface area (Å²) >= 11 is 0. The monoisotopic (exact) mass is 965 g/mol. The highest BCUT2D eigenvalue weighted by Crippen LogP contribution is 2.12. The molecule has 1 atom stereocenters. The van der Waals surface area contributed by atoms with Gasteiger partial charge in [-0.1, -0.05) is 237 Å². The lowest BCUT2D eigenvalue weighted by Crippen LogP contribution is -2.29. The van der Waals surface area contributed by atoms with Gasteiger partial charge in [0.25, 0.3) is 0 Å². The van der Waals surface area contributed by atoms with E-state index in [-0.39, 0.29) is 31.6 Å². The predicted molar refractivity (Wildman–Crippen MR) is 306 cm³/mol. The molecule has 0 aromatic carbocycles. The Morgan fingerprint density at radius 1 is 0.343 bits per heavy atom. The highest BCUT2D eigenvalue weighted by Gasteiger charge is 2.17. The zero-order valence-corrected chi connectivity index (χ0v) is 45.2. The first-order valence-electron chi connectivity index (χ1n) is 28.4. The summed E-state index contributed by atoms with van der Waals surface area (Å²) in [6.45, 7) is 7.42. The third-order valence-electron chi connectivity index (χ3n) is 11.4. The van der Waals surface area contributed by atoms with E-state index in [2.05, 4.69) is 154 Å². The number of allylic oxidation sites excluding steroid dienone is 23. The molecule has 0 rings (SSSR count). The molecule has 0 saturated carbocycles. The van der Waals surface area contributed by atoms with Gasteiger partial charge in [0.15, 0.2) is 6.10 Å². The Kier molecular flexibility index (Phi) is 55.5. The summed E-state index contributed by atoms with van der Waals surface area (Å²) in [5, 5.41) is 0. The molecule has 5 nitrogen and oxygen atoms in total. The fraction of sp³-hybridized carbons (Fsp3) is 0.600. The van der Waals surface area contributed by atoms with E-state index in [1.807, 2.05) is 12.2 Å². The number of ether oxygens (including phenoxy) is 3. The van der Waals surface area contributed by atoms with Crippen LogP contribution in [0.2, 0.25) is 0 Å². The van der Waals surface area contributed by atoms with Crippen LogP contribution in [0.15, 0.2) is 146 Å². The standard InChI is InChI=1S/C65H104O5/c1-4-7-10-13-16-19-22-25-28-30-32-34-36-39-42-45-48-51-54-57-60-68-61-63(70-65(67)59-56-53-50-47-44-41-37-27-24-21-18-15-12-9-6-3)62-69-64(66)58-55-52-49-46-43-40-38-35-33-31-29-26-23-20-17-14-11-8-5-2/h8-9,11-12,16-21,25-29,32-35,37,44,47,53,56,63H,4-7,10,13-15,22-24,30-31,36,38-43,45-46,48-52,54-55,57-62H2,1-3H3/b11-8-,12-9-,19-16-,20-17-,21-18-,28-25-,29-26-,34-32-,35-33-,37-27-,47-44-,56-53-. The minimum atomic E-state index is -0.614. The second-order valence-electron chi connectivity index (χ2n) is 18.1. The number of rotatable bonds is 50. The van der Waals surface area contributed by atoms with Gasteiger partial charge in [-0.25, -0.2) is 0 Å². The van der Waals surface area contributed by atoms with Gasteiger partial charge in [0.05, 0.1) is 13.0 Å². The van der Waals surface area contributed by atoms with Crippen LogP contribution in [0.25, 0.3) is 0 Å². The number of hydrogen-bond acceptors (Lipinski definition) is 5. The van der Waals surface area contributed by atoms with Crippen molar-refractivity contribution in [2.45, 2.75) is 232 Å². The van der Waals surface area contributed by atoms with Crippen LogP contribution in [-0.4, -0.2) is 37.9 Å². The lowest BCUT2D eigenvalue weighted by molar-refractivity contribution is -0.162. The van der Waals surface area contributed by atoms with E-state index in [1.165, 1.54) is 77.0 Å². The highest BCUT2D eigenvalue weighted by atomic mass is 16.6. The molecular weight excluding hydrogens is 861 g/mol. The lowest BCUT2D eigenvalue weighted by atomic mass is 10.1. The smallest absolute Gasteiger partial charge is 0.310 e. The number of carbonyl (C=O) groups excluding carboxylic acids is 2. The van der Waals surface area contributed by atoms with Gasteiger partial charge in [0, 0.05) is 13.0 Å². The summed E-state index contributed by atoms with van der Waals surface area (Å²) in [7, 11) is 0. The molecular formula is C65H104O5. The predicted octanol–water partition coefficient (Wildman–Crippen LogP) is 19.7. The number of unbranched alkanes of at least 4 members (excludes halogenated alkanes) is 16. The summed E-state index contributed by atoms with van der Waals surface area (Å²) in [4.78, 5) is 25.5. The Morgan fingerprint density at radius 3 is 1.10 bits per heavy atom. The van der Waals surface area contributed by atoms with E-state index in [4.69, 9.17) is 14.2 Å².